The molecule has 144 valence electrons. The second-order valence-corrected chi connectivity index (χ2v) is 11.2. The Kier molecular flexibility index (Phi) is 5.75. The van der Waals surface area contributed by atoms with Crippen molar-refractivity contribution in [2.45, 2.75) is 59.7 Å². The van der Waals surface area contributed by atoms with Crippen LogP contribution in [0.2, 0.25) is 0 Å². The summed E-state index contributed by atoms with van der Waals surface area (Å²) in [5, 5.41) is 0. The van der Waals surface area contributed by atoms with Crippen LogP contribution in [0.3, 0.4) is 0 Å². The van der Waals surface area contributed by atoms with Gasteiger partial charge >= 0.3 is 4.34 Å². The molecule has 0 bridgehead atoms. The summed E-state index contributed by atoms with van der Waals surface area (Å²) in [6.45, 7) is 17.8. The minimum Gasteiger partial charge on any atom is -0.295 e. The van der Waals surface area contributed by atoms with E-state index >= 15 is 0 Å². The molecule has 0 radical (unpaired) electrons. The standard InChI is InChI=1S/C21H27N2S4/c1-10-11(2)18(22-14(5)16(7)26-20(22)24)13(4)19(12(10)3)23-15(6)17(8)27-21(23)25-9/h1-9H3/q+1. The fraction of sp³-hybridized carbons (Fsp3) is 0.429. The third-order valence-electron chi connectivity index (χ3n) is 5.70. The van der Waals surface area contributed by atoms with E-state index in [0.717, 1.165) is 3.95 Å². The highest BCUT2D eigenvalue weighted by Crippen LogP contribution is 2.35. The van der Waals surface area contributed by atoms with Crippen molar-refractivity contribution in [1.29, 1.82) is 0 Å². The zero-order valence-corrected chi connectivity index (χ0v) is 20.8. The summed E-state index contributed by atoms with van der Waals surface area (Å²) in [6.07, 6.45) is 2.16. The Morgan fingerprint density at radius 2 is 1.44 bits per heavy atom. The van der Waals surface area contributed by atoms with Crippen LogP contribution in [0.25, 0.3) is 11.4 Å². The van der Waals surface area contributed by atoms with Crippen LogP contribution in [0.1, 0.15) is 43.4 Å². The van der Waals surface area contributed by atoms with Crippen LogP contribution in [0.5, 0.6) is 0 Å². The van der Waals surface area contributed by atoms with Gasteiger partial charge in [0.2, 0.25) is 5.69 Å². The zero-order valence-electron chi connectivity index (χ0n) is 17.5. The molecule has 0 aliphatic carbocycles. The van der Waals surface area contributed by atoms with E-state index < -0.39 is 0 Å². The van der Waals surface area contributed by atoms with Crippen molar-refractivity contribution < 1.29 is 4.57 Å². The molecule has 0 spiro atoms. The summed E-state index contributed by atoms with van der Waals surface area (Å²) in [5.74, 6) is 0. The number of thiazole rings is 2. The fourth-order valence-corrected chi connectivity index (χ4v) is 7.09. The molecule has 0 amide bonds. The highest BCUT2D eigenvalue weighted by molar-refractivity contribution is 8.00. The molecule has 0 N–H and O–H groups in total. The molecule has 2 heterocycles. The van der Waals surface area contributed by atoms with Gasteiger partial charge < -0.3 is 0 Å². The number of thioether (sulfide) groups is 1. The molecule has 0 atom stereocenters. The van der Waals surface area contributed by atoms with Gasteiger partial charge in [-0.25, -0.2) is 0 Å². The van der Waals surface area contributed by atoms with Gasteiger partial charge in [-0.1, -0.05) is 11.3 Å². The molecule has 0 aliphatic rings. The van der Waals surface area contributed by atoms with Crippen LogP contribution < -0.4 is 4.57 Å². The van der Waals surface area contributed by atoms with E-state index in [-0.39, 0.29) is 0 Å². The lowest BCUT2D eigenvalue weighted by atomic mass is 9.95. The minimum atomic E-state index is 0.929. The quantitative estimate of drug-likeness (QED) is 0.254. The number of nitrogens with zero attached hydrogens (tertiary/aromatic N) is 2. The Labute approximate surface area is 179 Å². The highest BCUT2D eigenvalue weighted by Gasteiger charge is 2.30. The molecule has 0 fully saturated rings. The Morgan fingerprint density at radius 3 is 1.96 bits per heavy atom. The summed E-state index contributed by atoms with van der Waals surface area (Å²) in [4.78, 5) is 2.66. The van der Waals surface area contributed by atoms with Gasteiger partial charge in [0.05, 0.1) is 10.6 Å². The molecule has 2 aromatic heterocycles. The van der Waals surface area contributed by atoms with Crippen molar-refractivity contribution in [2.75, 3.05) is 6.26 Å². The molecule has 6 heteroatoms. The van der Waals surface area contributed by atoms with Crippen molar-refractivity contribution in [3.63, 3.8) is 0 Å². The van der Waals surface area contributed by atoms with Crippen molar-refractivity contribution >= 4 is 46.7 Å². The number of aryl methyl sites for hydroxylation is 2. The van der Waals surface area contributed by atoms with Crippen LogP contribution in [0.15, 0.2) is 4.34 Å². The summed E-state index contributed by atoms with van der Waals surface area (Å²) >= 11 is 11.1. The Bertz CT molecular complexity index is 1110. The average Bonchev–Trinajstić information content (AvgIpc) is 3.04. The van der Waals surface area contributed by atoms with Crippen molar-refractivity contribution in [2.24, 2.45) is 0 Å². The fourth-order valence-electron chi connectivity index (χ4n) is 3.72. The van der Waals surface area contributed by atoms with Gasteiger partial charge in [-0.15, -0.1) is 15.9 Å². The van der Waals surface area contributed by atoms with E-state index in [9.17, 15) is 0 Å². The second kappa shape index (κ2) is 7.47. The Morgan fingerprint density at radius 1 is 0.815 bits per heavy atom. The average molecular weight is 436 g/mol. The number of benzene rings is 1. The Balaban J connectivity index is 2.50. The summed E-state index contributed by atoms with van der Waals surface area (Å²) in [6, 6.07) is 0. The molecule has 0 saturated carbocycles. The zero-order chi connectivity index (χ0) is 20.2. The lowest BCUT2D eigenvalue weighted by Gasteiger charge is -2.19. The smallest absolute Gasteiger partial charge is 0.295 e. The molecule has 3 aromatic rings. The number of hydrogen-bond donors (Lipinski definition) is 0. The van der Waals surface area contributed by atoms with Gasteiger partial charge in [0, 0.05) is 28.6 Å². The molecule has 0 unspecified atom stereocenters. The first-order valence-electron chi connectivity index (χ1n) is 8.97. The SMILES string of the molecule is CSc1sc(C)c(C)[n+]1-c1c(C)c(C)c(C)c(-n2c(C)c(C)sc2=S)c1C. The molecule has 3 rings (SSSR count). The largest absolute Gasteiger partial charge is 0.303 e. The minimum absolute atomic E-state index is 0.929. The summed E-state index contributed by atoms with van der Waals surface area (Å²) in [7, 11) is 0. The van der Waals surface area contributed by atoms with Gasteiger partial charge in [-0.3, -0.25) is 4.57 Å². The van der Waals surface area contributed by atoms with E-state index in [1.165, 1.54) is 59.1 Å². The van der Waals surface area contributed by atoms with E-state index in [2.05, 4.69) is 70.8 Å². The van der Waals surface area contributed by atoms with Crippen molar-refractivity contribution in [3.05, 3.63) is 47.4 Å². The predicted octanol–water partition coefficient (Wildman–Crippen LogP) is 6.80. The predicted molar refractivity (Wildman–Crippen MR) is 124 cm³/mol. The van der Waals surface area contributed by atoms with E-state index in [1.54, 1.807) is 11.3 Å². The van der Waals surface area contributed by atoms with Crippen molar-refractivity contribution in [1.82, 2.24) is 4.57 Å². The van der Waals surface area contributed by atoms with Gasteiger partial charge in [0.25, 0.3) is 0 Å². The number of hydrogen-bond acceptors (Lipinski definition) is 4. The summed E-state index contributed by atoms with van der Waals surface area (Å²) in [5.41, 5.74) is 10.5. The maximum absolute atomic E-state index is 5.75. The van der Waals surface area contributed by atoms with E-state index in [0.29, 0.717) is 0 Å². The maximum Gasteiger partial charge on any atom is 0.303 e. The lowest BCUT2D eigenvalue weighted by molar-refractivity contribution is -0.635. The molecular formula is C21H27N2S4+. The third kappa shape index (κ3) is 3.15. The van der Waals surface area contributed by atoms with Crippen LogP contribution >= 0.6 is 46.7 Å². The number of rotatable bonds is 3. The molecule has 1 aromatic carbocycles. The topological polar surface area (TPSA) is 8.81 Å². The summed E-state index contributed by atoms with van der Waals surface area (Å²) < 4.78 is 6.98. The highest BCUT2D eigenvalue weighted by atomic mass is 32.2. The normalized spacial score (nSPS) is 11.4. The maximum atomic E-state index is 5.75. The van der Waals surface area contributed by atoms with E-state index in [4.69, 9.17) is 12.2 Å². The second-order valence-electron chi connectivity index (χ2n) is 7.09. The first-order chi connectivity index (χ1) is 12.6. The molecule has 0 saturated heterocycles. The molecule has 0 aliphatic heterocycles. The first kappa shape index (κ1) is 20.8. The molecule has 27 heavy (non-hydrogen) atoms. The molecule has 2 nitrogen and oxygen atoms in total. The van der Waals surface area contributed by atoms with Gasteiger partial charge in [-0.05, 0) is 89.8 Å². The van der Waals surface area contributed by atoms with Crippen LogP contribution in [-0.2, 0) is 0 Å². The monoisotopic (exact) mass is 435 g/mol. The third-order valence-corrected chi connectivity index (χ3v) is 9.34. The Hall–Kier alpha value is -0.950. The first-order valence-corrected chi connectivity index (χ1v) is 12.2. The van der Waals surface area contributed by atoms with E-state index in [1.807, 2.05) is 23.1 Å². The lowest BCUT2D eigenvalue weighted by Crippen LogP contribution is -2.37. The molecular weight excluding hydrogens is 409 g/mol. The van der Waals surface area contributed by atoms with Gasteiger partial charge in [-0.2, -0.15) is 0 Å². The number of aromatic nitrogens is 2. The van der Waals surface area contributed by atoms with Crippen LogP contribution in [-0.4, -0.2) is 10.8 Å². The van der Waals surface area contributed by atoms with Gasteiger partial charge in [0.1, 0.15) is 0 Å². The van der Waals surface area contributed by atoms with Gasteiger partial charge in [0.15, 0.2) is 9.65 Å². The van der Waals surface area contributed by atoms with Crippen LogP contribution in [0, 0.1) is 59.3 Å². The van der Waals surface area contributed by atoms with Crippen molar-refractivity contribution in [3.8, 4) is 11.4 Å². The van der Waals surface area contributed by atoms with Crippen LogP contribution in [0.4, 0.5) is 0 Å².